The molecule has 4 aromatic carbocycles. The largest absolute Gasteiger partial charge is 0.508 e. The van der Waals surface area contributed by atoms with Gasteiger partial charge >= 0.3 is 11.9 Å². The zero-order valence-electron chi connectivity index (χ0n) is 47.8. The van der Waals surface area contributed by atoms with E-state index in [1.54, 1.807) is 0 Å². The number of carbonyl (C=O) groups is 2. The van der Waals surface area contributed by atoms with Crippen molar-refractivity contribution in [3.8, 4) is 51.7 Å². The lowest BCUT2D eigenvalue weighted by Gasteiger charge is -2.43. The average Bonchev–Trinajstić information content (AvgIpc) is 0.782. The molecule has 16 N–H and O–H groups in total. The molecule has 0 amide bonds. The Balaban J connectivity index is 0.815. The van der Waals surface area contributed by atoms with Crippen LogP contribution in [0.3, 0.4) is 0 Å². The number of hydrogen-bond donors (Lipinski definition) is 16. The lowest BCUT2D eigenvalue weighted by molar-refractivity contribution is -0.325. The predicted octanol–water partition coefficient (Wildman–Crippen LogP) is -2.44. The third kappa shape index (κ3) is 14.7. The first-order chi connectivity index (χ1) is 42.9. The molecule has 90 heavy (non-hydrogen) atoms. The van der Waals surface area contributed by atoms with Gasteiger partial charge in [-0.05, 0) is 72.7 Å². The van der Waals surface area contributed by atoms with E-state index in [0.717, 1.165) is 18.2 Å². The number of esters is 2. The number of aliphatic hydroxyl groups excluding tert-OH is 12. The number of ether oxygens (including phenoxy) is 13. The number of fused-ring (bicyclic) bond motifs is 1. The molecule has 0 bridgehead atoms. The number of carbonyl (C=O) groups excluding carboxylic acids is 2. The van der Waals surface area contributed by atoms with E-state index < -0.39 is 178 Å². The molecule has 0 radical (unpaired) electrons. The van der Waals surface area contributed by atoms with Crippen LogP contribution in [0.15, 0.2) is 84.6 Å². The van der Waals surface area contributed by atoms with E-state index in [9.17, 15) is 91.3 Å². The van der Waals surface area contributed by atoms with E-state index >= 15 is 0 Å². The highest BCUT2D eigenvalue weighted by molar-refractivity contribution is 5.88. The van der Waals surface area contributed by atoms with Crippen LogP contribution < -0.4 is 23.7 Å². The van der Waals surface area contributed by atoms with Crippen LogP contribution in [0.25, 0.3) is 18.2 Å². The zero-order chi connectivity index (χ0) is 65.0. The number of phenolic OH excluding ortho intramolecular Hbond substituents is 4. The number of aliphatic hydroxyl groups is 12. The summed E-state index contributed by atoms with van der Waals surface area (Å²) in [4.78, 5) is 25.5. The second-order valence-electron chi connectivity index (χ2n) is 21.3. The normalized spacial score (nSPS) is 33.5. The molecule has 5 aliphatic heterocycles. The molecule has 0 saturated carbocycles. The van der Waals surface area contributed by atoms with Gasteiger partial charge in [0.25, 0.3) is 0 Å². The second-order valence-corrected chi connectivity index (χ2v) is 21.3. The first-order valence-corrected chi connectivity index (χ1v) is 27.8. The predicted molar refractivity (Wildman–Crippen MR) is 298 cm³/mol. The SMILES string of the molecule is COc1cc(C2Oc3cc(O)cc(O[C@H]4O[C@H](CO)[C@@H](O)[C@H](O)[C@H]4O)c3C=C2O[C@@H]2O[C@H](CO[C@@H]3O[C@@H](C)[C@H](OC(=O)/C=C/c4ccc(O[C@@H]5O[C@H](COC(=O)/C=C/c6ccc(O)c(O)c6)[C@@H](O)[C@H](O)[C@H]5O)cc4)[C@@H](O)[C@H]3O)[C@@H](O)[C@H](O)[C@H]2O)cc(OC)c1O. The van der Waals surface area contributed by atoms with Crippen LogP contribution >= 0.6 is 0 Å². The third-order valence-electron chi connectivity index (χ3n) is 15.2. The van der Waals surface area contributed by atoms with E-state index in [4.69, 9.17) is 61.6 Å². The van der Waals surface area contributed by atoms with Crippen LogP contribution in [-0.2, 0) is 47.5 Å². The number of rotatable bonds is 20. The molecule has 5 aliphatic rings. The van der Waals surface area contributed by atoms with Crippen LogP contribution in [-0.4, -0.2) is 251 Å². The highest BCUT2D eigenvalue weighted by Crippen LogP contribution is 2.48. The van der Waals surface area contributed by atoms with E-state index in [2.05, 4.69) is 0 Å². The minimum absolute atomic E-state index is 0.0341. The summed E-state index contributed by atoms with van der Waals surface area (Å²) in [6.45, 7) is -0.692. The highest BCUT2D eigenvalue weighted by Gasteiger charge is 2.51. The van der Waals surface area contributed by atoms with Crippen LogP contribution in [0.1, 0.15) is 35.3 Å². The number of phenols is 4. The fourth-order valence-electron chi connectivity index (χ4n) is 10.1. The van der Waals surface area contributed by atoms with Gasteiger partial charge < -0.3 is 143 Å². The Morgan fingerprint density at radius 1 is 0.533 bits per heavy atom. The number of benzene rings is 4. The Bertz CT molecular complexity index is 3200. The summed E-state index contributed by atoms with van der Waals surface area (Å²) in [5.74, 6) is -4.27. The first kappa shape index (κ1) is 66.8. The van der Waals surface area contributed by atoms with Crippen molar-refractivity contribution in [1.82, 2.24) is 0 Å². The smallest absolute Gasteiger partial charge is 0.331 e. The van der Waals surface area contributed by atoms with Gasteiger partial charge in [-0.2, -0.15) is 0 Å². The van der Waals surface area contributed by atoms with Crippen molar-refractivity contribution < 1.29 is 153 Å². The molecule has 4 saturated heterocycles. The van der Waals surface area contributed by atoms with Gasteiger partial charge in [-0.15, -0.1) is 0 Å². The minimum Gasteiger partial charge on any atom is -0.508 e. The minimum atomic E-state index is -2.02. The summed E-state index contributed by atoms with van der Waals surface area (Å²) in [5.41, 5.74) is 0.878. The van der Waals surface area contributed by atoms with Crippen molar-refractivity contribution in [3.63, 3.8) is 0 Å². The molecule has 4 fully saturated rings. The maximum atomic E-state index is 13.1. The topological polar surface area (TPSA) is 478 Å². The molecule has 31 heteroatoms. The van der Waals surface area contributed by atoms with E-state index in [1.807, 2.05) is 0 Å². The molecule has 31 nitrogen and oxygen atoms in total. The fraction of sp³-hybridized carbons (Fsp3) is 0.458. The molecular weight excluding hydrogens is 1200 g/mol. The van der Waals surface area contributed by atoms with Crippen molar-refractivity contribution in [3.05, 3.63) is 107 Å². The van der Waals surface area contributed by atoms with Gasteiger partial charge in [-0.1, -0.05) is 18.2 Å². The van der Waals surface area contributed by atoms with Crippen molar-refractivity contribution in [1.29, 1.82) is 0 Å². The monoisotopic (exact) mass is 1270 g/mol. The fourth-order valence-corrected chi connectivity index (χ4v) is 10.1. The van der Waals surface area contributed by atoms with Crippen molar-refractivity contribution in [2.24, 2.45) is 0 Å². The standard InChI is InChI=1S/C59H68O31/c1-23-54(90-41(65)13-7-24-4-9-28(10-5-24)83-57-50(74)47(71)44(68)38(88-57)21-80-40(64)12-8-25-6-11-30(62)31(63)14-25)49(73)53(77)56(82-23)81-22-39-45(69)48(72)52(76)59(89-39)86-36-19-29-32(84-55(36)26-15-34(78-2)42(66)35(16-26)79-3)17-27(61)18-33(29)85-58-51(75)46(70)43(67)37(20-60)87-58/h4-19,23,37-39,43-63,66-77H,20-22H2,1-3H3/b12-8+,13-7+/t23-,37+,38+,39+,43+,44+,45+,46-,47-,48-,49-,50+,51+,52+,53+,54-,55?,56+,57+,58-,59+/m0/s1. The Kier molecular flexibility index (Phi) is 21.3. The number of aromatic hydroxyl groups is 4. The van der Waals surface area contributed by atoms with Crippen molar-refractivity contribution >= 4 is 30.2 Å². The maximum absolute atomic E-state index is 13.1. The van der Waals surface area contributed by atoms with Crippen LogP contribution in [0, 0.1) is 0 Å². The summed E-state index contributed by atoms with van der Waals surface area (Å²) < 4.78 is 74.2. The molecule has 21 atom stereocenters. The Labute approximate surface area is 510 Å². The summed E-state index contributed by atoms with van der Waals surface area (Å²) in [6, 6.07) is 14.5. The summed E-state index contributed by atoms with van der Waals surface area (Å²) in [6.07, 6.45) is -29.8. The summed E-state index contributed by atoms with van der Waals surface area (Å²) in [7, 11) is 2.51. The maximum Gasteiger partial charge on any atom is 0.331 e. The van der Waals surface area contributed by atoms with Gasteiger partial charge in [0.05, 0.1) is 39.1 Å². The van der Waals surface area contributed by atoms with Gasteiger partial charge in [0, 0.05) is 29.8 Å². The van der Waals surface area contributed by atoms with Crippen LogP contribution in [0.2, 0.25) is 0 Å². The molecule has 0 aromatic heterocycles. The number of hydrogen-bond acceptors (Lipinski definition) is 31. The molecule has 9 rings (SSSR count). The first-order valence-electron chi connectivity index (χ1n) is 27.8. The molecule has 5 heterocycles. The van der Waals surface area contributed by atoms with Crippen molar-refractivity contribution in [2.45, 2.75) is 136 Å². The van der Waals surface area contributed by atoms with Gasteiger partial charge in [0.15, 0.2) is 41.5 Å². The van der Waals surface area contributed by atoms with Gasteiger partial charge in [-0.25, -0.2) is 9.59 Å². The van der Waals surface area contributed by atoms with Gasteiger partial charge in [0.2, 0.25) is 24.6 Å². The van der Waals surface area contributed by atoms with E-state index in [0.29, 0.717) is 11.1 Å². The second kappa shape index (κ2) is 28.7. The molecule has 1 unspecified atom stereocenters. The molecule has 0 spiro atoms. The quantitative estimate of drug-likeness (QED) is 0.0248. The molecule has 0 aliphatic carbocycles. The Morgan fingerprint density at radius 2 is 1.08 bits per heavy atom. The summed E-state index contributed by atoms with van der Waals surface area (Å²) >= 11 is 0. The average molecular weight is 1270 g/mol. The van der Waals surface area contributed by atoms with Gasteiger partial charge in [0.1, 0.15) is 121 Å². The van der Waals surface area contributed by atoms with Crippen molar-refractivity contribution in [2.75, 3.05) is 34.0 Å². The summed E-state index contributed by atoms with van der Waals surface area (Å²) in [5, 5.41) is 170. The third-order valence-corrected chi connectivity index (χ3v) is 15.2. The van der Waals surface area contributed by atoms with E-state index in [-0.39, 0.29) is 51.4 Å². The number of methoxy groups -OCH3 is 2. The lowest BCUT2D eigenvalue weighted by atomic mass is 9.97. The molecular formula is C59H68O31. The Hall–Kier alpha value is -7.64. The van der Waals surface area contributed by atoms with Crippen LogP contribution in [0.5, 0.6) is 51.7 Å². The molecule has 490 valence electrons. The Morgan fingerprint density at radius 3 is 1.69 bits per heavy atom. The van der Waals surface area contributed by atoms with Crippen LogP contribution in [0.4, 0.5) is 0 Å². The van der Waals surface area contributed by atoms with Gasteiger partial charge in [-0.3, -0.25) is 0 Å². The lowest BCUT2D eigenvalue weighted by Crippen LogP contribution is -2.61. The zero-order valence-corrected chi connectivity index (χ0v) is 47.8. The highest BCUT2D eigenvalue weighted by atomic mass is 16.7. The molecule has 4 aromatic rings. The van der Waals surface area contributed by atoms with E-state index in [1.165, 1.54) is 100 Å².